The fourth-order valence-electron chi connectivity index (χ4n) is 3.12. The molecular weight excluding hydrogens is 426 g/mol. The third-order valence-corrected chi connectivity index (χ3v) is 5.93. The van der Waals surface area contributed by atoms with Crippen LogP contribution in [0.5, 0.6) is 17.2 Å². The topological polar surface area (TPSA) is 44.8 Å². The van der Waals surface area contributed by atoms with Crippen LogP contribution in [-0.4, -0.2) is 44.2 Å². The third-order valence-electron chi connectivity index (χ3n) is 4.71. The smallest absolute Gasteiger partial charge is 0.186 e. The first kappa shape index (κ1) is 29.6. The minimum absolute atomic E-state index is 0. The molecule has 0 saturated carbocycles. The molecule has 0 amide bonds. The maximum absolute atomic E-state index is 13.4. The van der Waals surface area contributed by atoms with Gasteiger partial charge < -0.3 is 14.2 Å². The minimum Gasteiger partial charge on any atom is -0.493 e. The number of benzene rings is 2. The van der Waals surface area contributed by atoms with Gasteiger partial charge in [0.15, 0.2) is 5.52 Å². The van der Waals surface area contributed by atoms with Crippen LogP contribution in [0.2, 0.25) is 0 Å². The zero-order chi connectivity index (χ0) is 23.8. The Morgan fingerprint density at radius 3 is 1.64 bits per heavy atom. The molecule has 0 aliphatic carbocycles. The molecule has 0 aromatic heterocycles. The molecule has 33 heavy (non-hydrogen) atoms. The van der Waals surface area contributed by atoms with Crippen LogP contribution in [0.1, 0.15) is 63.0 Å². The molecule has 0 heterocycles. The van der Waals surface area contributed by atoms with E-state index in [1.807, 2.05) is 44.2 Å². The summed E-state index contributed by atoms with van der Waals surface area (Å²) in [4.78, 5) is 13.4. The number of aryl methyl sites for hydroxylation is 2. The molecule has 6 heteroatoms. The summed E-state index contributed by atoms with van der Waals surface area (Å²) in [6, 6.07) is 9.78. The summed E-state index contributed by atoms with van der Waals surface area (Å²) >= 11 is 0. The van der Waals surface area contributed by atoms with Crippen LogP contribution in [0.4, 0.5) is 0 Å². The van der Waals surface area contributed by atoms with E-state index in [2.05, 4.69) is 41.5 Å². The summed E-state index contributed by atoms with van der Waals surface area (Å²) in [6.45, 7) is 18.4. The Hall–Kier alpha value is -1.46. The van der Waals surface area contributed by atoms with Crippen LogP contribution in [0.15, 0.2) is 30.3 Å². The van der Waals surface area contributed by atoms with Gasteiger partial charge in [0.25, 0.3) is 0 Å². The summed E-state index contributed by atoms with van der Waals surface area (Å²) in [5.74, 6) is 3.20. The SMILES string of the molecule is Cc1cccc(C)c1C(=O)Pc1c(OCC(C)C)cc(OCC(C)C)cc1OCC(C)C.[Li]. The van der Waals surface area contributed by atoms with Crippen LogP contribution >= 0.6 is 8.58 Å². The molecule has 0 fully saturated rings. The molecule has 2 rings (SSSR count). The zero-order valence-corrected chi connectivity index (χ0v) is 22.9. The van der Waals surface area contributed by atoms with Gasteiger partial charge in [-0.25, -0.2) is 0 Å². The average molecular weight is 466 g/mol. The minimum atomic E-state index is -0.0977. The van der Waals surface area contributed by atoms with E-state index < -0.39 is 0 Å². The van der Waals surface area contributed by atoms with E-state index in [1.54, 1.807) is 0 Å². The van der Waals surface area contributed by atoms with Crippen molar-refractivity contribution in [1.82, 2.24) is 0 Å². The largest absolute Gasteiger partial charge is 0.493 e. The second-order valence-corrected chi connectivity index (χ2v) is 10.8. The molecule has 2 aromatic carbocycles. The van der Waals surface area contributed by atoms with Gasteiger partial charge in [0, 0.05) is 36.6 Å². The Labute approximate surface area is 214 Å². The van der Waals surface area contributed by atoms with Gasteiger partial charge in [-0.3, -0.25) is 4.79 Å². The van der Waals surface area contributed by atoms with Crippen molar-refractivity contribution in [2.75, 3.05) is 19.8 Å². The third kappa shape index (κ3) is 9.36. The van der Waals surface area contributed by atoms with E-state index in [0.717, 1.165) is 22.0 Å². The number of carbonyl (C=O) groups is 1. The molecule has 177 valence electrons. The van der Waals surface area contributed by atoms with Crippen molar-refractivity contribution in [1.29, 1.82) is 0 Å². The van der Waals surface area contributed by atoms with Crippen molar-refractivity contribution in [3.63, 3.8) is 0 Å². The monoisotopic (exact) mass is 465 g/mol. The van der Waals surface area contributed by atoms with Crippen molar-refractivity contribution in [3.05, 3.63) is 47.0 Å². The standard InChI is InChI=1S/C27H39O4P.Li/c1-17(2)14-29-22-12-23(30-15-18(3)4)26(24(13-22)31-16-19(5)6)32-27(28)25-20(7)10-9-11-21(25)8;/h9-13,17-19,32H,14-16H2,1-8H3;. The quantitative estimate of drug-likeness (QED) is 0.278. The Balaban J connectivity index is 0.00000544. The van der Waals surface area contributed by atoms with Gasteiger partial charge in [0.1, 0.15) is 17.2 Å². The fraction of sp³-hybridized carbons (Fsp3) is 0.519. The first-order valence-corrected chi connectivity index (χ1v) is 12.5. The van der Waals surface area contributed by atoms with Crippen LogP contribution in [0, 0.1) is 31.6 Å². The molecule has 1 radical (unpaired) electrons. The molecule has 4 nitrogen and oxygen atoms in total. The summed E-state index contributed by atoms with van der Waals surface area (Å²) in [5.41, 5.74) is 2.87. The number of hydrogen-bond donors (Lipinski definition) is 0. The summed E-state index contributed by atoms with van der Waals surface area (Å²) in [5, 5.41) is 0.816. The number of ether oxygens (including phenoxy) is 3. The number of carbonyl (C=O) groups excluding carboxylic acids is 1. The number of rotatable bonds is 12. The molecule has 2 aromatic rings. The predicted octanol–water partition coefficient (Wildman–Crippen LogP) is 6.17. The first-order valence-electron chi connectivity index (χ1n) is 11.5. The van der Waals surface area contributed by atoms with Crippen molar-refractivity contribution in [2.24, 2.45) is 17.8 Å². The van der Waals surface area contributed by atoms with E-state index in [0.29, 0.717) is 54.8 Å². The van der Waals surface area contributed by atoms with Gasteiger partial charge in [0.05, 0.1) is 25.1 Å². The van der Waals surface area contributed by atoms with Crippen LogP contribution in [0.3, 0.4) is 0 Å². The van der Waals surface area contributed by atoms with Gasteiger partial charge >= 0.3 is 0 Å². The Bertz CT molecular complexity index is 856. The average Bonchev–Trinajstić information content (AvgIpc) is 2.70. The summed E-state index contributed by atoms with van der Waals surface area (Å²) in [6.07, 6.45) is 0. The predicted molar refractivity (Wildman–Crippen MR) is 141 cm³/mol. The van der Waals surface area contributed by atoms with Gasteiger partial charge in [-0.1, -0.05) is 59.7 Å². The molecule has 0 spiro atoms. The molecule has 0 N–H and O–H groups in total. The summed E-state index contributed by atoms with van der Waals surface area (Å²) in [7, 11) is -0.0977. The van der Waals surface area contributed by atoms with Crippen molar-refractivity contribution in [2.45, 2.75) is 55.4 Å². The van der Waals surface area contributed by atoms with Crippen molar-refractivity contribution >= 4 is 38.3 Å². The van der Waals surface area contributed by atoms with E-state index in [4.69, 9.17) is 14.2 Å². The van der Waals surface area contributed by atoms with Crippen LogP contribution in [0.25, 0.3) is 0 Å². The van der Waals surface area contributed by atoms with Gasteiger partial charge in [-0.2, -0.15) is 0 Å². The van der Waals surface area contributed by atoms with Crippen LogP contribution in [-0.2, 0) is 0 Å². The van der Waals surface area contributed by atoms with E-state index in [-0.39, 0.29) is 33.0 Å². The van der Waals surface area contributed by atoms with E-state index >= 15 is 0 Å². The number of hydrogen-bond acceptors (Lipinski definition) is 4. The van der Waals surface area contributed by atoms with E-state index in [1.165, 1.54) is 0 Å². The maximum atomic E-state index is 13.4. The fourth-order valence-corrected chi connectivity index (χ4v) is 4.41. The maximum Gasteiger partial charge on any atom is 0.186 e. The van der Waals surface area contributed by atoms with E-state index in [9.17, 15) is 4.79 Å². The van der Waals surface area contributed by atoms with Gasteiger partial charge in [-0.05, 0) is 51.3 Å². The first-order chi connectivity index (χ1) is 15.1. The van der Waals surface area contributed by atoms with Crippen molar-refractivity contribution in [3.8, 4) is 17.2 Å². The van der Waals surface area contributed by atoms with Crippen molar-refractivity contribution < 1.29 is 19.0 Å². The Morgan fingerprint density at radius 2 is 1.21 bits per heavy atom. The zero-order valence-electron chi connectivity index (χ0n) is 21.9. The molecule has 0 aliphatic rings. The Kier molecular flexibility index (Phi) is 12.6. The molecule has 0 bridgehead atoms. The molecular formula is C27H39LiO4P. The van der Waals surface area contributed by atoms with Gasteiger partial charge in [-0.15, -0.1) is 0 Å². The van der Waals surface area contributed by atoms with Gasteiger partial charge in [0.2, 0.25) is 0 Å². The normalized spacial score (nSPS) is 11.4. The summed E-state index contributed by atoms with van der Waals surface area (Å²) < 4.78 is 18.4. The molecule has 0 aliphatic heterocycles. The molecule has 1 unspecified atom stereocenters. The molecule has 1 atom stereocenters. The second-order valence-electron chi connectivity index (χ2n) is 9.63. The second kappa shape index (κ2) is 14.1. The molecule has 0 saturated heterocycles. The Morgan fingerprint density at radius 1 is 0.788 bits per heavy atom. The van der Waals surface area contributed by atoms with Crippen LogP contribution < -0.4 is 19.5 Å².